The number of hydrogen-bond donors (Lipinski definition) is 1. The van der Waals surface area contributed by atoms with Crippen molar-refractivity contribution in [2.24, 2.45) is 0 Å². The number of rotatable bonds is 7. The Morgan fingerprint density at radius 2 is 1.95 bits per heavy atom. The Bertz CT molecular complexity index is 548. The summed E-state index contributed by atoms with van der Waals surface area (Å²) in [7, 11) is 0. The molecule has 4 heteroatoms. The first-order valence-electron chi connectivity index (χ1n) is 7.46. The minimum atomic E-state index is 0.245. The minimum Gasteiger partial charge on any atom is -0.396 e. The van der Waals surface area contributed by atoms with Crippen molar-refractivity contribution in [3.8, 4) is 10.6 Å². The third kappa shape index (κ3) is 4.63. The molecular weight excluding hydrogens is 280 g/mol. The summed E-state index contributed by atoms with van der Waals surface area (Å²) in [6, 6.07) is 8.96. The van der Waals surface area contributed by atoms with E-state index >= 15 is 0 Å². The summed E-state index contributed by atoms with van der Waals surface area (Å²) >= 11 is 1.70. The van der Waals surface area contributed by atoms with Crippen LogP contribution >= 0.6 is 11.3 Å². The summed E-state index contributed by atoms with van der Waals surface area (Å²) in [6.45, 7) is 8.47. The topological polar surface area (TPSA) is 36.4 Å². The van der Waals surface area contributed by atoms with E-state index in [0.717, 1.165) is 30.2 Å². The molecule has 0 saturated carbocycles. The Hall–Kier alpha value is -1.23. The van der Waals surface area contributed by atoms with Gasteiger partial charge in [0.15, 0.2) is 0 Å². The monoisotopic (exact) mass is 304 g/mol. The molecule has 114 valence electrons. The lowest BCUT2D eigenvalue weighted by molar-refractivity contribution is 0.183. The van der Waals surface area contributed by atoms with Crippen LogP contribution in [0.4, 0.5) is 0 Å². The second-order valence-corrected chi connectivity index (χ2v) is 6.51. The van der Waals surface area contributed by atoms with Gasteiger partial charge < -0.3 is 5.11 Å². The van der Waals surface area contributed by atoms with Gasteiger partial charge in [-0.1, -0.05) is 29.8 Å². The standard InChI is InChI=1S/C17H24N2OS/c1-13(2)19(9-4-10-20)11-16-12-21-17(18-16)15-7-5-14(3)6-8-15/h5-8,12-13,20H,4,9-11H2,1-3H3. The smallest absolute Gasteiger partial charge is 0.123 e. The van der Waals surface area contributed by atoms with E-state index in [1.807, 2.05) is 0 Å². The van der Waals surface area contributed by atoms with Crippen LogP contribution in [0.2, 0.25) is 0 Å². The molecule has 21 heavy (non-hydrogen) atoms. The fourth-order valence-electron chi connectivity index (χ4n) is 2.21. The maximum atomic E-state index is 9.00. The summed E-state index contributed by atoms with van der Waals surface area (Å²) < 4.78 is 0. The highest BCUT2D eigenvalue weighted by molar-refractivity contribution is 7.13. The first kappa shape index (κ1) is 16.1. The Labute approximate surface area is 131 Å². The van der Waals surface area contributed by atoms with Crippen molar-refractivity contribution in [3.05, 3.63) is 40.9 Å². The highest BCUT2D eigenvalue weighted by atomic mass is 32.1. The predicted molar refractivity (Wildman–Crippen MR) is 89.5 cm³/mol. The fourth-order valence-corrected chi connectivity index (χ4v) is 3.03. The zero-order valence-electron chi connectivity index (χ0n) is 13.0. The summed E-state index contributed by atoms with van der Waals surface area (Å²) in [5.41, 5.74) is 3.57. The van der Waals surface area contributed by atoms with E-state index in [0.29, 0.717) is 6.04 Å². The molecule has 3 nitrogen and oxygen atoms in total. The zero-order chi connectivity index (χ0) is 15.2. The van der Waals surface area contributed by atoms with E-state index in [1.165, 1.54) is 11.1 Å². The minimum absolute atomic E-state index is 0.245. The maximum Gasteiger partial charge on any atom is 0.123 e. The van der Waals surface area contributed by atoms with E-state index in [4.69, 9.17) is 10.1 Å². The normalized spacial score (nSPS) is 11.5. The van der Waals surface area contributed by atoms with Crippen molar-refractivity contribution < 1.29 is 5.11 Å². The molecular formula is C17H24N2OS. The number of nitrogens with zero attached hydrogens (tertiary/aromatic N) is 2. The molecule has 0 aliphatic rings. The van der Waals surface area contributed by atoms with Gasteiger partial charge in [0.25, 0.3) is 0 Å². The summed E-state index contributed by atoms with van der Waals surface area (Å²) in [5.74, 6) is 0. The highest BCUT2D eigenvalue weighted by Gasteiger charge is 2.12. The molecule has 2 rings (SSSR count). The van der Waals surface area contributed by atoms with Crippen LogP contribution in [0, 0.1) is 6.92 Å². The van der Waals surface area contributed by atoms with Crippen LogP contribution in [0.3, 0.4) is 0 Å². The summed E-state index contributed by atoms with van der Waals surface area (Å²) in [6.07, 6.45) is 0.813. The van der Waals surface area contributed by atoms with E-state index < -0.39 is 0 Å². The van der Waals surface area contributed by atoms with Crippen molar-refractivity contribution in [2.45, 2.75) is 39.8 Å². The van der Waals surface area contributed by atoms with Gasteiger partial charge in [0.05, 0.1) is 5.69 Å². The number of aliphatic hydroxyl groups excluding tert-OH is 1. The van der Waals surface area contributed by atoms with Gasteiger partial charge in [-0.05, 0) is 27.2 Å². The third-order valence-corrected chi connectivity index (χ3v) is 4.49. The molecule has 1 heterocycles. The molecule has 0 fully saturated rings. The molecule has 0 aliphatic carbocycles. The summed E-state index contributed by atoms with van der Waals surface area (Å²) in [5, 5.41) is 12.2. The largest absolute Gasteiger partial charge is 0.396 e. The Kier molecular flexibility index (Phi) is 5.91. The van der Waals surface area contributed by atoms with E-state index in [-0.39, 0.29) is 6.61 Å². The SMILES string of the molecule is Cc1ccc(-c2nc(CN(CCCO)C(C)C)cs2)cc1. The average Bonchev–Trinajstić information content (AvgIpc) is 2.92. The van der Waals surface area contributed by atoms with Gasteiger partial charge in [0.2, 0.25) is 0 Å². The molecule has 0 spiro atoms. The Morgan fingerprint density at radius 3 is 2.57 bits per heavy atom. The van der Waals surface area contributed by atoms with Gasteiger partial charge in [-0.25, -0.2) is 4.98 Å². The van der Waals surface area contributed by atoms with Crippen LogP contribution in [0.15, 0.2) is 29.6 Å². The van der Waals surface area contributed by atoms with Gasteiger partial charge >= 0.3 is 0 Å². The molecule has 0 bridgehead atoms. The van der Waals surface area contributed by atoms with Gasteiger partial charge in [-0.2, -0.15) is 0 Å². The van der Waals surface area contributed by atoms with Crippen LogP contribution < -0.4 is 0 Å². The second kappa shape index (κ2) is 7.69. The quantitative estimate of drug-likeness (QED) is 0.847. The first-order valence-corrected chi connectivity index (χ1v) is 8.34. The number of aliphatic hydroxyl groups is 1. The van der Waals surface area contributed by atoms with Crippen LogP contribution in [0.1, 0.15) is 31.5 Å². The van der Waals surface area contributed by atoms with Crippen LogP contribution in [0.5, 0.6) is 0 Å². The van der Waals surface area contributed by atoms with Gasteiger partial charge in [0, 0.05) is 36.7 Å². The number of benzene rings is 1. The molecule has 0 aliphatic heterocycles. The van der Waals surface area contributed by atoms with Crippen LogP contribution in [-0.2, 0) is 6.54 Å². The molecule has 0 atom stereocenters. The first-order chi connectivity index (χ1) is 10.1. The number of thiazole rings is 1. The van der Waals surface area contributed by atoms with Crippen molar-refractivity contribution >= 4 is 11.3 Å². The lowest BCUT2D eigenvalue weighted by atomic mass is 10.2. The van der Waals surface area contributed by atoms with Crippen LogP contribution in [0.25, 0.3) is 10.6 Å². The Balaban J connectivity index is 2.06. The number of aryl methyl sites for hydroxylation is 1. The van der Waals surface area contributed by atoms with Gasteiger partial charge in [-0.3, -0.25) is 4.90 Å². The third-order valence-electron chi connectivity index (χ3n) is 3.55. The van der Waals surface area contributed by atoms with E-state index in [2.05, 4.69) is 55.3 Å². The molecule has 0 saturated heterocycles. The van der Waals surface area contributed by atoms with Crippen LogP contribution in [-0.4, -0.2) is 34.2 Å². The predicted octanol–water partition coefficient (Wildman–Crippen LogP) is 3.71. The van der Waals surface area contributed by atoms with Crippen molar-refractivity contribution in [1.29, 1.82) is 0 Å². The molecule has 0 unspecified atom stereocenters. The number of hydrogen-bond acceptors (Lipinski definition) is 4. The molecule has 0 radical (unpaired) electrons. The highest BCUT2D eigenvalue weighted by Crippen LogP contribution is 2.24. The molecule has 1 aromatic carbocycles. The lowest BCUT2D eigenvalue weighted by Crippen LogP contribution is -2.31. The Morgan fingerprint density at radius 1 is 1.24 bits per heavy atom. The molecule has 1 N–H and O–H groups in total. The zero-order valence-corrected chi connectivity index (χ0v) is 13.9. The second-order valence-electron chi connectivity index (χ2n) is 5.65. The van der Waals surface area contributed by atoms with Crippen molar-refractivity contribution in [3.63, 3.8) is 0 Å². The van der Waals surface area contributed by atoms with Crippen molar-refractivity contribution in [2.75, 3.05) is 13.2 Å². The maximum absolute atomic E-state index is 9.00. The van der Waals surface area contributed by atoms with Gasteiger partial charge in [-0.15, -0.1) is 11.3 Å². The van der Waals surface area contributed by atoms with E-state index in [1.54, 1.807) is 11.3 Å². The lowest BCUT2D eigenvalue weighted by Gasteiger charge is -2.25. The van der Waals surface area contributed by atoms with Gasteiger partial charge in [0.1, 0.15) is 5.01 Å². The van der Waals surface area contributed by atoms with Crippen molar-refractivity contribution in [1.82, 2.24) is 9.88 Å². The molecule has 2 aromatic rings. The number of aromatic nitrogens is 1. The average molecular weight is 304 g/mol. The molecule has 0 amide bonds. The molecule has 1 aromatic heterocycles. The summed E-state index contributed by atoms with van der Waals surface area (Å²) in [4.78, 5) is 7.11. The van der Waals surface area contributed by atoms with E-state index in [9.17, 15) is 0 Å². The fraction of sp³-hybridized carbons (Fsp3) is 0.471.